The Labute approximate surface area is 192 Å². The monoisotopic (exact) mass is 504 g/mol. The number of Topliss-reactive ketones (excluding diaryl/α,β-unsaturated/α-hetero) is 1. The molecule has 1 aliphatic carbocycles. The standard InChI is InChI=1S/C21H20F4N2O6S/c1-31-12-4-5-16(22)15(6-12)20(28)19-14-8-18(33-3)17(32-2)7-13(14)11(9-26-19)10-27-34(29,30)21(23,24)25/h6-9,27H,4-5,10H2,1-3H3. The number of sulfonamides is 1. The van der Waals surface area contributed by atoms with Gasteiger partial charge in [-0.25, -0.2) is 17.5 Å². The lowest BCUT2D eigenvalue weighted by molar-refractivity contribution is -0.0448. The van der Waals surface area contributed by atoms with Crippen molar-refractivity contribution in [3.63, 3.8) is 0 Å². The molecule has 0 aliphatic heterocycles. The highest BCUT2D eigenvalue weighted by atomic mass is 32.2. The zero-order chi connectivity index (χ0) is 25.3. The fraction of sp³-hybridized carbons (Fsp3) is 0.333. The van der Waals surface area contributed by atoms with Gasteiger partial charge in [-0.1, -0.05) is 0 Å². The fourth-order valence-corrected chi connectivity index (χ4v) is 3.86. The van der Waals surface area contributed by atoms with Crippen LogP contribution in [0.1, 0.15) is 28.9 Å². The number of aromatic nitrogens is 1. The third-order valence-electron chi connectivity index (χ3n) is 5.14. The van der Waals surface area contributed by atoms with Crippen LogP contribution in [0.15, 0.2) is 41.6 Å². The molecule has 1 N–H and O–H groups in total. The quantitative estimate of drug-likeness (QED) is 0.429. The fourth-order valence-electron chi connectivity index (χ4n) is 3.35. The van der Waals surface area contributed by atoms with Gasteiger partial charge in [0.1, 0.15) is 11.5 Å². The first-order valence-corrected chi connectivity index (χ1v) is 11.2. The Morgan fingerprint density at radius 1 is 1.06 bits per heavy atom. The van der Waals surface area contributed by atoms with Crippen molar-refractivity contribution < 1.29 is 45.0 Å². The van der Waals surface area contributed by atoms with Gasteiger partial charge in [-0.05, 0) is 29.2 Å². The van der Waals surface area contributed by atoms with Gasteiger partial charge in [0.05, 0.1) is 32.7 Å². The Bertz CT molecular complexity index is 1300. The molecular formula is C21H20F4N2O6S. The minimum Gasteiger partial charge on any atom is -0.501 e. The summed E-state index contributed by atoms with van der Waals surface area (Å²) in [5, 5.41) is 0.262. The molecule has 0 radical (unpaired) electrons. The summed E-state index contributed by atoms with van der Waals surface area (Å²) in [7, 11) is -1.59. The van der Waals surface area contributed by atoms with Gasteiger partial charge in [0, 0.05) is 31.0 Å². The second-order valence-electron chi connectivity index (χ2n) is 7.12. The number of benzene rings is 1. The molecule has 2 aromatic rings. The highest BCUT2D eigenvalue weighted by Gasteiger charge is 2.45. The van der Waals surface area contributed by atoms with Crippen molar-refractivity contribution in [2.75, 3.05) is 21.3 Å². The number of hydrogen-bond acceptors (Lipinski definition) is 7. The van der Waals surface area contributed by atoms with E-state index in [4.69, 9.17) is 14.2 Å². The van der Waals surface area contributed by atoms with E-state index < -0.39 is 33.7 Å². The zero-order valence-electron chi connectivity index (χ0n) is 18.2. The number of nitrogens with one attached hydrogen (secondary N) is 1. The van der Waals surface area contributed by atoms with Gasteiger partial charge in [-0.15, -0.1) is 0 Å². The van der Waals surface area contributed by atoms with Crippen molar-refractivity contribution in [1.82, 2.24) is 9.71 Å². The molecule has 1 aromatic carbocycles. The molecule has 8 nitrogen and oxygen atoms in total. The Hall–Kier alpha value is -3.19. The molecule has 34 heavy (non-hydrogen) atoms. The smallest absolute Gasteiger partial charge is 0.501 e. The van der Waals surface area contributed by atoms with E-state index in [2.05, 4.69) is 4.98 Å². The average Bonchev–Trinajstić information content (AvgIpc) is 2.80. The summed E-state index contributed by atoms with van der Waals surface area (Å²) in [6.45, 7) is -0.778. The summed E-state index contributed by atoms with van der Waals surface area (Å²) >= 11 is 0. The van der Waals surface area contributed by atoms with E-state index in [0.29, 0.717) is 5.76 Å². The van der Waals surface area contributed by atoms with E-state index in [1.807, 2.05) is 0 Å². The van der Waals surface area contributed by atoms with Crippen LogP contribution < -0.4 is 14.2 Å². The number of nitrogens with zero attached hydrogens (tertiary/aromatic N) is 1. The van der Waals surface area contributed by atoms with Crippen molar-refractivity contribution in [2.45, 2.75) is 24.9 Å². The van der Waals surface area contributed by atoms with E-state index in [9.17, 15) is 30.8 Å². The number of ketones is 1. The molecule has 1 aliphatic rings. The van der Waals surface area contributed by atoms with Gasteiger partial charge in [-0.3, -0.25) is 9.78 Å². The molecule has 0 fully saturated rings. The van der Waals surface area contributed by atoms with Crippen molar-refractivity contribution in [1.29, 1.82) is 0 Å². The zero-order valence-corrected chi connectivity index (χ0v) is 19.1. The minimum absolute atomic E-state index is 0.0200. The van der Waals surface area contributed by atoms with Gasteiger partial charge in [-0.2, -0.15) is 13.2 Å². The molecule has 13 heteroatoms. The summed E-state index contributed by atoms with van der Waals surface area (Å²) in [5.74, 6) is -0.713. The second kappa shape index (κ2) is 9.58. The summed E-state index contributed by atoms with van der Waals surface area (Å²) in [6, 6.07) is 2.73. The summed E-state index contributed by atoms with van der Waals surface area (Å²) in [5.41, 5.74) is -5.97. The highest BCUT2D eigenvalue weighted by Crippen LogP contribution is 2.36. The van der Waals surface area contributed by atoms with E-state index in [1.54, 1.807) is 0 Å². The van der Waals surface area contributed by atoms with E-state index in [-0.39, 0.29) is 51.9 Å². The maximum absolute atomic E-state index is 14.5. The van der Waals surface area contributed by atoms with Crippen LogP contribution in [0.5, 0.6) is 11.5 Å². The molecule has 184 valence electrons. The number of pyridine rings is 1. The third kappa shape index (κ3) is 4.85. The molecule has 0 saturated heterocycles. The largest absolute Gasteiger partial charge is 0.511 e. The van der Waals surface area contributed by atoms with Gasteiger partial charge in [0.15, 0.2) is 11.5 Å². The lowest BCUT2D eigenvalue weighted by Gasteiger charge is -2.17. The number of methoxy groups -OCH3 is 3. The van der Waals surface area contributed by atoms with Crippen LogP contribution in [0.25, 0.3) is 10.8 Å². The number of carbonyl (C=O) groups excluding carboxylic acids is 1. The second-order valence-corrected chi connectivity index (χ2v) is 8.88. The molecule has 0 atom stereocenters. The van der Waals surface area contributed by atoms with Crippen molar-refractivity contribution >= 4 is 26.6 Å². The number of hydrogen-bond donors (Lipinski definition) is 1. The SMILES string of the molecule is COC1=CC(C(=O)c2ncc(CNS(=O)(=O)C(F)(F)F)c3cc(OC)c(OC)cc23)=C(F)CC1. The van der Waals surface area contributed by atoms with Gasteiger partial charge in [0.2, 0.25) is 5.78 Å². The first kappa shape index (κ1) is 25.4. The van der Waals surface area contributed by atoms with E-state index >= 15 is 0 Å². The predicted molar refractivity (Wildman–Crippen MR) is 113 cm³/mol. The third-order valence-corrected chi connectivity index (χ3v) is 6.28. The van der Waals surface area contributed by atoms with Crippen LogP contribution in [0.4, 0.5) is 17.6 Å². The van der Waals surface area contributed by atoms with E-state index in [0.717, 1.165) is 6.20 Å². The topological polar surface area (TPSA) is 104 Å². The molecule has 0 bridgehead atoms. The minimum atomic E-state index is -5.63. The number of ether oxygens (including phenoxy) is 3. The van der Waals surface area contributed by atoms with Crippen LogP contribution in [0.3, 0.4) is 0 Å². The van der Waals surface area contributed by atoms with Crippen LogP contribution >= 0.6 is 0 Å². The lowest BCUT2D eigenvalue weighted by atomic mass is 9.95. The van der Waals surface area contributed by atoms with Crippen LogP contribution in [0.2, 0.25) is 0 Å². The molecular weight excluding hydrogens is 484 g/mol. The maximum Gasteiger partial charge on any atom is 0.511 e. The molecule has 3 rings (SSSR count). The van der Waals surface area contributed by atoms with Crippen molar-refractivity contribution in [3.8, 4) is 11.5 Å². The number of halogens is 4. The lowest BCUT2D eigenvalue weighted by Crippen LogP contribution is -2.36. The Kier molecular flexibility index (Phi) is 7.17. The summed E-state index contributed by atoms with van der Waals surface area (Å²) in [6.07, 6.45) is 2.53. The Morgan fingerprint density at radius 2 is 1.68 bits per heavy atom. The Morgan fingerprint density at radius 3 is 2.24 bits per heavy atom. The summed E-state index contributed by atoms with van der Waals surface area (Å²) in [4.78, 5) is 17.2. The van der Waals surface area contributed by atoms with E-state index in [1.165, 1.54) is 44.3 Å². The number of fused-ring (bicyclic) bond motifs is 1. The van der Waals surface area contributed by atoms with Crippen molar-refractivity contribution in [3.05, 3.63) is 52.8 Å². The van der Waals surface area contributed by atoms with Crippen LogP contribution in [0, 0.1) is 0 Å². The maximum atomic E-state index is 14.5. The Balaban J connectivity index is 2.17. The first-order chi connectivity index (χ1) is 15.9. The predicted octanol–water partition coefficient (Wildman–Crippen LogP) is 3.92. The molecule has 0 saturated carbocycles. The van der Waals surface area contributed by atoms with Crippen molar-refractivity contribution in [2.24, 2.45) is 0 Å². The van der Waals surface area contributed by atoms with Gasteiger partial charge in [0.25, 0.3) is 0 Å². The molecule has 0 unspecified atom stereocenters. The van der Waals surface area contributed by atoms with Gasteiger partial charge >= 0.3 is 15.5 Å². The first-order valence-electron chi connectivity index (χ1n) is 9.71. The number of carbonyl (C=O) groups is 1. The molecule has 1 heterocycles. The molecule has 0 amide bonds. The summed E-state index contributed by atoms with van der Waals surface area (Å²) < 4.78 is 92.6. The molecule has 0 spiro atoms. The highest BCUT2D eigenvalue weighted by molar-refractivity contribution is 7.90. The normalized spacial score (nSPS) is 14.7. The number of rotatable bonds is 8. The van der Waals surface area contributed by atoms with Crippen LogP contribution in [-0.2, 0) is 21.3 Å². The number of allylic oxidation sites excluding steroid dienone is 4. The van der Waals surface area contributed by atoms with Gasteiger partial charge < -0.3 is 14.2 Å². The molecule has 1 aromatic heterocycles. The van der Waals surface area contributed by atoms with Crippen LogP contribution in [-0.4, -0.2) is 46.0 Å². The number of alkyl halides is 3. The average molecular weight is 504 g/mol.